The van der Waals surface area contributed by atoms with Crippen LogP contribution in [0.4, 0.5) is 0 Å². The third-order valence-corrected chi connectivity index (χ3v) is 2.33. The highest BCUT2D eigenvalue weighted by Crippen LogP contribution is 2.08. The fraction of sp³-hybridized carbons (Fsp3) is 0.818. The van der Waals surface area contributed by atoms with Crippen LogP contribution in [0.2, 0.25) is 0 Å². The van der Waals surface area contributed by atoms with E-state index in [2.05, 4.69) is 11.9 Å². The molecule has 0 aromatic carbocycles. The van der Waals surface area contributed by atoms with Crippen molar-refractivity contribution in [1.29, 1.82) is 0 Å². The van der Waals surface area contributed by atoms with Gasteiger partial charge in [0, 0.05) is 6.04 Å². The summed E-state index contributed by atoms with van der Waals surface area (Å²) in [5, 5.41) is 3.50. The number of ether oxygens (including phenoxy) is 1. The minimum atomic E-state index is 0.571. The third kappa shape index (κ3) is 5.06. The standard InChI is InChI=1S/C11H21NO/c1-10(2)8-13-9-11-6-4-3-5-7-12-11/h11-12H,1,3-9H2,2H3. The van der Waals surface area contributed by atoms with Gasteiger partial charge in [-0.15, -0.1) is 0 Å². The van der Waals surface area contributed by atoms with Gasteiger partial charge in [-0.05, 0) is 26.3 Å². The number of hydrogen-bond acceptors (Lipinski definition) is 2. The number of nitrogens with one attached hydrogen (secondary N) is 1. The van der Waals surface area contributed by atoms with Crippen LogP contribution in [0.15, 0.2) is 12.2 Å². The lowest BCUT2D eigenvalue weighted by atomic mass is 10.1. The van der Waals surface area contributed by atoms with E-state index in [9.17, 15) is 0 Å². The minimum absolute atomic E-state index is 0.571. The van der Waals surface area contributed by atoms with Crippen molar-refractivity contribution in [1.82, 2.24) is 5.32 Å². The Balaban J connectivity index is 2.08. The first kappa shape index (κ1) is 10.7. The Morgan fingerprint density at radius 3 is 3.08 bits per heavy atom. The molecule has 1 rings (SSSR count). The van der Waals surface area contributed by atoms with Crippen molar-refractivity contribution in [3.05, 3.63) is 12.2 Å². The fourth-order valence-corrected chi connectivity index (χ4v) is 1.62. The van der Waals surface area contributed by atoms with Gasteiger partial charge < -0.3 is 10.1 Å². The van der Waals surface area contributed by atoms with Crippen LogP contribution in [-0.4, -0.2) is 25.8 Å². The molecule has 0 bridgehead atoms. The third-order valence-electron chi connectivity index (χ3n) is 2.33. The van der Waals surface area contributed by atoms with Gasteiger partial charge in [0.25, 0.3) is 0 Å². The van der Waals surface area contributed by atoms with Gasteiger partial charge in [0.15, 0.2) is 0 Å². The summed E-state index contributed by atoms with van der Waals surface area (Å²) in [6, 6.07) is 0.571. The van der Waals surface area contributed by atoms with Gasteiger partial charge in [-0.3, -0.25) is 0 Å². The van der Waals surface area contributed by atoms with E-state index >= 15 is 0 Å². The van der Waals surface area contributed by atoms with Crippen LogP contribution in [0.5, 0.6) is 0 Å². The maximum Gasteiger partial charge on any atom is 0.0672 e. The molecule has 1 fully saturated rings. The first-order chi connectivity index (χ1) is 6.29. The highest BCUT2D eigenvalue weighted by Gasteiger charge is 2.10. The van der Waals surface area contributed by atoms with Crippen molar-refractivity contribution in [3.63, 3.8) is 0 Å². The maximum absolute atomic E-state index is 5.53. The second-order valence-electron chi connectivity index (χ2n) is 3.97. The van der Waals surface area contributed by atoms with E-state index < -0.39 is 0 Å². The largest absolute Gasteiger partial charge is 0.376 e. The monoisotopic (exact) mass is 183 g/mol. The molecule has 2 nitrogen and oxygen atoms in total. The Hall–Kier alpha value is -0.340. The van der Waals surface area contributed by atoms with Crippen molar-refractivity contribution in [2.24, 2.45) is 0 Å². The van der Waals surface area contributed by atoms with Crippen LogP contribution in [0, 0.1) is 0 Å². The molecule has 1 unspecified atom stereocenters. The van der Waals surface area contributed by atoms with Gasteiger partial charge in [0.2, 0.25) is 0 Å². The Morgan fingerprint density at radius 1 is 1.46 bits per heavy atom. The SMILES string of the molecule is C=C(C)COCC1CCCCCN1. The zero-order chi connectivity index (χ0) is 9.52. The van der Waals surface area contributed by atoms with Crippen molar-refractivity contribution in [2.45, 2.75) is 38.6 Å². The van der Waals surface area contributed by atoms with E-state index in [0.717, 1.165) is 18.7 Å². The molecule has 1 N–H and O–H groups in total. The average Bonchev–Trinajstić information content (AvgIpc) is 2.32. The summed E-state index contributed by atoms with van der Waals surface area (Å²) in [6.07, 6.45) is 5.28. The quantitative estimate of drug-likeness (QED) is 0.674. The van der Waals surface area contributed by atoms with E-state index in [0.29, 0.717) is 12.6 Å². The molecular weight excluding hydrogens is 162 g/mol. The van der Waals surface area contributed by atoms with E-state index in [1.54, 1.807) is 0 Å². The van der Waals surface area contributed by atoms with Crippen LogP contribution < -0.4 is 5.32 Å². The lowest BCUT2D eigenvalue weighted by molar-refractivity contribution is 0.129. The van der Waals surface area contributed by atoms with Gasteiger partial charge in [-0.1, -0.05) is 25.0 Å². The van der Waals surface area contributed by atoms with Gasteiger partial charge >= 0.3 is 0 Å². The molecular formula is C11H21NO. The summed E-state index contributed by atoms with van der Waals surface area (Å²) in [5.74, 6) is 0. The predicted octanol–water partition coefficient (Wildman–Crippen LogP) is 2.11. The van der Waals surface area contributed by atoms with Crippen LogP contribution in [-0.2, 0) is 4.74 Å². The first-order valence-electron chi connectivity index (χ1n) is 5.24. The Kier molecular flexibility index (Phi) is 5.09. The molecule has 1 aliphatic heterocycles. The van der Waals surface area contributed by atoms with Gasteiger partial charge in [-0.2, -0.15) is 0 Å². The fourth-order valence-electron chi connectivity index (χ4n) is 1.62. The molecule has 76 valence electrons. The van der Waals surface area contributed by atoms with E-state index in [4.69, 9.17) is 4.74 Å². The second kappa shape index (κ2) is 6.17. The summed E-state index contributed by atoms with van der Waals surface area (Å²) in [5.41, 5.74) is 1.11. The maximum atomic E-state index is 5.53. The molecule has 1 heterocycles. The lowest BCUT2D eigenvalue weighted by Gasteiger charge is -2.15. The van der Waals surface area contributed by atoms with Crippen LogP contribution >= 0.6 is 0 Å². The van der Waals surface area contributed by atoms with E-state index in [-0.39, 0.29) is 0 Å². The summed E-state index contributed by atoms with van der Waals surface area (Å²) in [7, 11) is 0. The van der Waals surface area contributed by atoms with Crippen molar-refractivity contribution in [2.75, 3.05) is 19.8 Å². The average molecular weight is 183 g/mol. The molecule has 13 heavy (non-hydrogen) atoms. The molecule has 1 aliphatic rings. The highest BCUT2D eigenvalue weighted by molar-refractivity contribution is 4.87. The van der Waals surface area contributed by atoms with Crippen LogP contribution in [0.1, 0.15) is 32.6 Å². The molecule has 0 aromatic rings. The summed E-state index contributed by atoms with van der Waals surface area (Å²) >= 11 is 0. The molecule has 1 saturated heterocycles. The van der Waals surface area contributed by atoms with Gasteiger partial charge in [-0.25, -0.2) is 0 Å². The van der Waals surface area contributed by atoms with Crippen LogP contribution in [0.25, 0.3) is 0 Å². The molecule has 0 aliphatic carbocycles. The normalized spacial score (nSPS) is 23.9. The number of rotatable bonds is 4. The molecule has 0 aromatic heterocycles. The summed E-state index contributed by atoms with van der Waals surface area (Å²) in [6.45, 7) is 8.51. The van der Waals surface area contributed by atoms with E-state index in [1.165, 1.54) is 25.7 Å². The Morgan fingerprint density at radius 2 is 2.31 bits per heavy atom. The van der Waals surface area contributed by atoms with Crippen molar-refractivity contribution in [3.8, 4) is 0 Å². The van der Waals surface area contributed by atoms with Gasteiger partial charge in [0.1, 0.15) is 0 Å². The van der Waals surface area contributed by atoms with Crippen molar-refractivity contribution < 1.29 is 4.74 Å². The van der Waals surface area contributed by atoms with Crippen LogP contribution in [0.3, 0.4) is 0 Å². The van der Waals surface area contributed by atoms with E-state index in [1.807, 2.05) is 6.92 Å². The Bertz CT molecular complexity index is 148. The molecule has 0 saturated carbocycles. The zero-order valence-electron chi connectivity index (χ0n) is 8.64. The van der Waals surface area contributed by atoms with Gasteiger partial charge in [0.05, 0.1) is 13.2 Å². The van der Waals surface area contributed by atoms with Crippen molar-refractivity contribution >= 4 is 0 Å². The second-order valence-corrected chi connectivity index (χ2v) is 3.97. The Labute approximate surface area is 81.4 Å². The summed E-state index contributed by atoms with van der Waals surface area (Å²) in [4.78, 5) is 0. The topological polar surface area (TPSA) is 21.3 Å². The highest BCUT2D eigenvalue weighted by atomic mass is 16.5. The zero-order valence-corrected chi connectivity index (χ0v) is 8.64. The molecule has 2 heteroatoms. The first-order valence-corrected chi connectivity index (χ1v) is 5.24. The smallest absolute Gasteiger partial charge is 0.0672 e. The predicted molar refractivity (Wildman–Crippen MR) is 55.9 cm³/mol. The lowest BCUT2D eigenvalue weighted by Crippen LogP contribution is -2.32. The number of hydrogen-bond donors (Lipinski definition) is 1. The molecule has 0 amide bonds. The molecule has 1 atom stereocenters. The minimum Gasteiger partial charge on any atom is -0.376 e. The molecule has 0 radical (unpaired) electrons. The molecule has 0 spiro atoms. The summed E-state index contributed by atoms with van der Waals surface area (Å²) < 4.78 is 5.53.